The second-order valence-electron chi connectivity index (χ2n) is 9.36. The van der Waals surface area contributed by atoms with Crippen molar-refractivity contribution in [1.29, 1.82) is 0 Å². The number of aromatic nitrogens is 1. The van der Waals surface area contributed by atoms with Gasteiger partial charge in [0.15, 0.2) is 0 Å². The Hall–Kier alpha value is -3.38. The van der Waals surface area contributed by atoms with E-state index in [1.54, 1.807) is 12.1 Å². The molecule has 1 aliphatic heterocycles. The molecule has 6 heteroatoms. The number of urea groups is 1. The fraction of sp³-hybridized carbons (Fsp3) is 0.276. The number of fused-ring (bicyclic) bond motifs is 5. The molecule has 2 amide bonds. The zero-order valence-corrected chi connectivity index (χ0v) is 20.6. The molecular formula is C29H28FN3OS. The highest BCUT2D eigenvalue weighted by Crippen LogP contribution is 2.44. The summed E-state index contributed by atoms with van der Waals surface area (Å²) in [4.78, 5) is 17.3. The molecule has 4 aromatic rings. The number of anilines is 1. The van der Waals surface area contributed by atoms with Crippen LogP contribution in [-0.2, 0) is 25.8 Å². The van der Waals surface area contributed by atoms with E-state index in [-0.39, 0.29) is 17.9 Å². The van der Waals surface area contributed by atoms with Crippen LogP contribution in [0.4, 0.5) is 14.9 Å². The molecule has 35 heavy (non-hydrogen) atoms. The maximum atomic E-state index is 13.9. The highest BCUT2D eigenvalue weighted by molar-refractivity contribution is 7.15. The predicted molar refractivity (Wildman–Crippen MR) is 139 cm³/mol. The highest BCUT2D eigenvalue weighted by atomic mass is 32.1. The second-order valence-corrected chi connectivity index (χ2v) is 10.4. The summed E-state index contributed by atoms with van der Waals surface area (Å²) < 4.78 is 15.8. The van der Waals surface area contributed by atoms with Gasteiger partial charge in [0, 0.05) is 22.3 Å². The van der Waals surface area contributed by atoms with Crippen LogP contribution < -0.4 is 5.32 Å². The van der Waals surface area contributed by atoms with Crippen molar-refractivity contribution in [3.8, 4) is 5.00 Å². The van der Waals surface area contributed by atoms with Gasteiger partial charge in [-0.1, -0.05) is 31.2 Å². The van der Waals surface area contributed by atoms with Crippen LogP contribution in [0, 0.1) is 5.82 Å². The summed E-state index contributed by atoms with van der Waals surface area (Å²) in [6.45, 7) is 2.69. The summed E-state index contributed by atoms with van der Waals surface area (Å²) in [5.74, 6) is -0.320. The van der Waals surface area contributed by atoms with Crippen LogP contribution in [0.15, 0.2) is 66.9 Å². The summed E-state index contributed by atoms with van der Waals surface area (Å²) in [6.07, 6.45) is 7.71. The van der Waals surface area contributed by atoms with E-state index in [2.05, 4.69) is 59.4 Å². The third-order valence-corrected chi connectivity index (χ3v) is 8.57. The molecule has 4 nitrogen and oxygen atoms in total. The molecule has 0 saturated heterocycles. The fourth-order valence-electron chi connectivity index (χ4n) is 5.40. The summed E-state index contributed by atoms with van der Waals surface area (Å²) in [6, 6.07) is 18.3. The van der Waals surface area contributed by atoms with E-state index < -0.39 is 0 Å². The van der Waals surface area contributed by atoms with Gasteiger partial charge >= 0.3 is 6.03 Å². The van der Waals surface area contributed by atoms with Crippen molar-refractivity contribution in [2.45, 2.75) is 51.6 Å². The fourth-order valence-corrected chi connectivity index (χ4v) is 6.81. The molecule has 0 radical (unpaired) electrons. The van der Waals surface area contributed by atoms with Gasteiger partial charge in [0.1, 0.15) is 10.8 Å². The number of rotatable bonds is 3. The average molecular weight is 486 g/mol. The maximum absolute atomic E-state index is 13.9. The number of thiophene rings is 1. The first-order chi connectivity index (χ1) is 17.1. The first-order valence-electron chi connectivity index (χ1n) is 12.4. The number of nitrogens with zero attached hydrogens (tertiary/aromatic N) is 2. The largest absolute Gasteiger partial charge is 0.322 e. The lowest BCUT2D eigenvalue weighted by molar-refractivity contribution is 0.194. The van der Waals surface area contributed by atoms with Crippen LogP contribution in [0.1, 0.15) is 58.6 Å². The van der Waals surface area contributed by atoms with Crippen LogP contribution in [0.2, 0.25) is 0 Å². The SMILES string of the molecule is CCc1ccc([C@@H]2c3cccn3-c3sc4c(c3CN2C(=O)Nc2ccc(F)cc2)CCCC4)cc1. The Morgan fingerprint density at radius 2 is 1.80 bits per heavy atom. The van der Waals surface area contributed by atoms with E-state index in [0.717, 1.165) is 30.5 Å². The lowest BCUT2D eigenvalue weighted by atomic mass is 9.95. The molecule has 0 unspecified atom stereocenters. The molecule has 2 aliphatic rings. The maximum Gasteiger partial charge on any atom is 0.322 e. The van der Waals surface area contributed by atoms with Gasteiger partial charge < -0.3 is 14.8 Å². The van der Waals surface area contributed by atoms with E-state index in [4.69, 9.17) is 0 Å². The van der Waals surface area contributed by atoms with Gasteiger partial charge in [-0.2, -0.15) is 0 Å². The van der Waals surface area contributed by atoms with Gasteiger partial charge in [0.2, 0.25) is 0 Å². The van der Waals surface area contributed by atoms with Crippen LogP contribution in [0.25, 0.3) is 5.00 Å². The van der Waals surface area contributed by atoms with Crippen LogP contribution in [0.3, 0.4) is 0 Å². The lowest BCUT2D eigenvalue weighted by Crippen LogP contribution is -2.38. The minimum Gasteiger partial charge on any atom is -0.310 e. The summed E-state index contributed by atoms with van der Waals surface area (Å²) >= 11 is 1.88. The zero-order chi connectivity index (χ0) is 23.9. The lowest BCUT2D eigenvalue weighted by Gasteiger charge is -2.31. The molecule has 0 saturated carbocycles. The van der Waals surface area contributed by atoms with Crippen molar-refractivity contribution >= 4 is 23.1 Å². The molecule has 2 aromatic heterocycles. The zero-order valence-electron chi connectivity index (χ0n) is 19.8. The van der Waals surface area contributed by atoms with Crippen molar-refractivity contribution < 1.29 is 9.18 Å². The number of halogens is 1. The van der Waals surface area contributed by atoms with Gasteiger partial charge in [0.05, 0.1) is 18.3 Å². The van der Waals surface area contributed by atoms with Gasteiger partial charge in [-0.3, -0.25) is 0 Å². The molecule has 1 N–H and O–H groups in total. The first-order valence-corrected chi connectivity index (χ1v) is 13.2. The Labute approximate surface area is 209 Å². The van der Waals surface area contributed by atoms with E-state index in [1.807, 2.05) is 16.2 Å². The minimum absolute atomic E-state index is 0.183. The van der Waals surface area contributed by atoms with Gasteiger partial charge in [-0.05, 0) is 85.2 Å². The molecule has 6 rings (SSSR count). The number of benzene rings is 2. The number of hydrogen-bond acceptors (Lipinski definition) is 2. The van der Waals surface area contributed by atoms with E-state index >= 15 is 0 Å². The first kappa shape index (κ1) is 22.1. The Balaban J connectivity index is 1.48. The second kappa shape index (κ2) is 9.00. The molecular weight excluding hydrogens is 457 g/mol. The van der Waals surface area contributed by atoms with E-state index in [1.165, 1.54) is 51.5 Å². The Morgan fingerprint density at radius 1 is 1.03 bits per heavy atom. The summed E-state index contributed by atoms with van der Waals surface area (Å²) in [5, 5.41) is 4.27. The van der Waals surface area contributed by atoms with Crippen LogP contribution in [0.5, 0.6) is 0 Å². The standard InChI is InChI=1S/C29H28FN3OS/c1-2-19-9-11-20(12-10-19)27-25-7-5-17-32(25)28-24(23-6-3-4-8-26(23)35-28)18-33(27)29(34)31-22-15-13-21(30)14-16-22/h5,7,9-17,27H,2-4,6,8,18H2,1H3,(H,31,34)/t27-/m1/s1. The van der Waals surface area contributed by atoms with Crippen LogP contribution >= 0.6 is 11.3 Å². The molecule has 178 valence electrons. The van der Waals surface area contributed by atoms with Crippen molar-refractivity contribution in [2.75, 3.05) is 5.32 Å². The number of nitrogens with one attached hydrogen (secondary N) is 1. The Kier molecular flexibility index (Phi) is 5.69. The number of carbonyl (C=O) groups is 1. The molecule has 1 aliphatic carbocycles. The molecule has 2 aromatic carbocycles. The predicted octanol–water partition coefficient (Wildman–Crippen LogP) is 7.26. The summed E-state index contributed by atoms with van der Waals surface area (Å²) in [7, 11) is 0. The number of amides is 2. The minimum atomic E-state index is -0.320. The van der Waals surface area contributed by atoms with Crippen molar-refractivity contribution in [3.05, 3.63) is 106 Å². The monoisotopic (exact) mass is 485 g/mol. The topological polar surface area (TPSA) is 37.3 Å². The van der Waals surface area contributed by atoms with Gasteiger partial charge in [-0.15, -0.1) is 11.3 Å². The number of aryl methyl sites for hydroxylation is 2. The van der Waals surface area contributed by atoms with E-state index in [9.17, 15) is 9.18 Å². The molecule has 0 bridgehead atoms. The Morgan fingerprint density at radius 3 is 2.57 bits per heavy atom. The van der Waals surface area contributed by atoms with Crippen molar-refractivity contribution in [2.24, 2.45) is 0 Å². The smallest absolute Gasteiger partial charge is 0.310 e. The quantitative estimate of drug-likeness (QED) is 0.326. The van der Waals surface area contributed by atoms with Crippen molar-refractivity contribution in [3.63, 3.8) is 0 Å². The molecule has 1 atom stereocenters. The summed E-state index contributed by atoms with van der Waals surface area (Å²) in [5.41, 5.74) is 6.72. The van der Waals surface area contributed by atoms with Crippen molar-refractivity contribution in [1.82, 2.24) is 9.47 Å². The molecule has 0 fully saturated rings. The molecule has 3 heterocycles. The van der Waals surface area contributed by atoms with Crippen LogP contribution in [-0.4, -0.2) is 15.5 Å². The number of hydrogen-bond donors (Lipinski definition) is 1. The van der Waals surface area contributed by atoms with Gasteiger partial charge in [-0.25, -0.2) is 9.18 Å². The highest BCUT2D eigenvalue weighted by Gasteiger charge is 2.36. The molecule has 0 spiro atoms. The Bertz CT molecular complexity index is 1370. The van der Waals surface area contributed by atoms with E-state index in [0.29, 0.717) is 12.2 Å². The van der Waals surface area contributed by atoms with Gasteiger partial charge in [0.25, 0.3) is 0 Å². The average Bonchev–Trinajstić information content (AvgIpc) is 3.47. The normalized spacial score (nSPS) is 16.7. The number of carbonyl (C=O) groups excluding carboxylic acids is 1. The third-order valence-electron chi connectivity index (χ3n) is 7.24. The third kappa shape index (κ3) is 3.96.